The average molecular weight is 428 g/mol. The number of anilines is 1. The first-order valence-electron chi connectivity index (χ1n) is 9.65. The van der Waals surface area contributed by atoms with Crippen molar-refractivity contribution in [2.45, 2.75) is 0 Å². The Hall–Kier alpha value is -3.84. The molecule has 0 bridgehead atoms. The molecule has 0 unspecified atom stereocenters. The van der Waals surface area contributed by atoms with Crippen LogP contribution in [0.15, 0.2) is 94.3 Å². The van der Waals surface area contributed by atoms with Gasteiger partial charge < -0.3 is 4.90 Å². The van der Waals surface area contributed by atoms with Crippen LogP contribution in [0.4, 0.5) is 15.8 Å². The summed E-state index contributed by atoms with van der Waals surface area (Å²) in [5.41, 5.74) is 3.79. The van der Waals surface area contributed by atoms with E-state index in [1.165, 1.54) is 17.4 Å². The first kappa shape index (κ1) is 19.1. The SMILES string of the molecule is CN1C(=O)C(=Nn2c(-c3ccccc3)csc2=Nc2ccccc2F)c2ccccc21. The fourth-order valence-corrected chi connectivity index (χ4v) is 4.32. The minimum Gasteiger partial charge on any atom is -0.309 e. The smallest absolute Gasteiger partial charge is 0.279 e. The number of aromatic nitrogens is 1. The van der Waals surface area contributed by atoms with Gasteiger partial charge in [0.15, 0.2) is 5.71 Å². The maximum atomic E-state index is 14.3. The third kappa shape index (κ3) is 3.39. The fourth-order valence-electron chi connectivity index (χ4n) is 3.47. The molecule has 152 valence electrons. The molecule has 5 nitrogen and oxygen atoms in total. The Balaban J connectivity index is 1.76. The zero-order chi connectivity index (χ0) is 21.4. The summed E-state index contributed by atoms with van der Waals surface area (Å²) in [7, 11) is 1.73. The molecule has 1 aliphatic rings. The van der Waals surface area contributed by atoms with E-state index < -0.39 is 5.82 Å². The molecule has 3 aromatic carbocycles. The van der Waals surface area contributed by atoms with E-state index in [0.717, 1.165) is 22.5 Å². The predicted molar refractivity (Wildman–Crippen MR) is 121 cm³/mol. The van der Waals surface area contributed by atoms with Crippen LogP contribution in [0.1, 0.15) is 5.56 Å². The van der Waals surface area contributed by atoms with Crippen LogP contribution >= 0.6 is 11.3 Å². The molecular formula is C24H17FN4OS. The third-order valence-corrected chi connectivity index (χ3v) is 5.87. The highest BCUT2D eigenvalue weighted by atomic mass is 32.1. The van der Waals surface area contributed by atoms with Gasteiger partial charge in [0.2, 0.25) is 4.80 Å². The topological polar surface area (TPSA) is 50.0 Å². The second-order valence-corrected chi connectivity index (χ2v) is 7.81. The Kier molecular flexibility index (Phi) is 4.80. The third-order valence-electron chi connectivity index (χ3n) is 5.05. The molecule has 0 atom stereocenters. The largest absolute Gasteiger partial charge is 0.309 e. The van der Waals surface area contributed by atoms with E-state index in [0.29, 0.717) is 10.5 Å². The number of thiazole rings is 1. The molecule has 0 saturated carbocycles. The summed E-state index contributed by atoms with van der Waals surface area (Å²) in [5, 5.41) is 6.64. The van der Waals surface area contributed by atoms with E-state index in [4.69, 9.17) is 5.10 Å². The summed E-state index contributed by atoms with van der Waals surface area (Å²) in [6, 6.07) is 23.6. The molecule has 0 aliphatic carbocycles. The molecule has 1 amide bonds. The summed E-state index contributed by atoms with van der Waals surface area (Å²) >= 11 is 1.34. The van der Waals surface area contributed by atoms with Crippen LogP contribution in [0.3, 0.4) is 0 Å². The normalized spacial score (nSPS) is 15.0. The van der Waals surface area contributed by atoms with E-state index in [1.54, 1.807) is 34.8 Å². The number of benzene rings is 3. The number of hydrogen-bond donors (Lipinski definition) is 0. The first-order chi connectivity index (χ1) is 15.1. The Morgan fingerprint density at radius 3 is 2.42 bits per heavy atom. The zero-order valence-corrected chi connectivity index (χ0v) is 17.4. The van der Waals surface area contributed by atoms with Crippen LogP contribution in [0, 0.1) is 5.82 Å². The molecule has 0 N–H and O–H groups in total. The van der Waals surface area contributed by atoms with Crippen molar-refractivity contribution in [3.8, 4) is 11.3 Å². The lowest BCUT2D eigenvalue weighted by molar-refractivity contribution is -0.112. The summed E-state index contributed by atoms with van der Waals surface area (Å²) in [4.78, 5) is 19.5. The van der Waals surface area contributed by atoms with Crippen molar-refractivity contribution in [2.75, 3.05) is 11.9 Å². The van der Waals surface area contributed by atoms with Crippen molar-refractivity contribution in [3.63, 3.8) is 0 Å². The maximum absolute atomic E-state index is 14.3. The average Bonchev–Trinajstić information content (AvgIpc) is 3.30. The van der Waals surface area contributed by atoms with Gasteiger partial charge in [-0.05, 0) is 18.2 Å². The van der Waals surface area contributed by atoms with Gasteiger partial charge in [-0.1, -0.05) is 60.7 Å². The number of carbonyl (C=O) groups is 1. The number of nitrogens with zero attached hydrogens (tertiary/aromatic N) is 4. The highest BCUT2D eigenvalue weighted by molar-refractivity contribution is 7.07. The summed E-state index contributed by atoms with van der Waals surface area (Å²) in [5.74, 6) is -0.617. The number of likely N-dealkylation sites (N-methyl/N-ethyl adjacent to an activating group) is 1. The van der Waals surface area contributed by atoms with Crippen molar-refractivity contribution < 1.29 is 9.18 Å². The number of hydrogen-bond acceptors (Lipinski definition) is 4. The molecule has 0 radical (unpaired) electrons. The standard InChI is InChI=1S/C24H17FN4OS/c1-28-20-14-8-5-11-17(20)22(23(28)30)27-29-21(16-9-3-2-4-10-16)15-31-24(29)26-19-13-7-6-12-18(19)25/h2-15H,1H3. The molecule has 4 aromatic rings. The van der Waals surface area contributed by atoms with Crippen LogP contribution < -0.4 is 9.70 Å². The van der Waals surface area contributed by atoms with Crippen LogP contribution in [0.2, 0.25) is 0 Å². The Labute approximate surface area is 182 Å². The van der Waals surface area contributed by atoms with Gasteiger partial charge in [-0.15, -0.1) is 11.3 Å². The summed E-state index contributed by atoms with van der Waals surface area (Å²) in [6.07, 6.45) is 0. The van der Waals surface area contributed by atoms with Gasteiger partial charge in [0.05, 0.1) is 11.4 Å². The molecule has 0 fully saturated rings. The Morgan fingerprint density at radius 1 is 0.903 bits per heavy atom. The molecule has 1 aromatic heterocycles. The number of halogens is 1. The van der Waals surface area contributed by atoms with Crippen LogP contribution in [0.25, 0.3) is 11.3 Å². The lowest BCUT2D eigenvalue weighted by atomic mass is 10.1. The number of rotatable bonds is 3. The van der Waals surface area contributed by atoms with E-state index in [2.05, 4.69) is 4.99 Å². The monoisotopic (exact) mass is 428 g/mol. The number of fused-ring (bicyclic) bond motifs is 1. The molecule has 0 saturated heterocycles. The van der Waals surface area contributed by atoms with E-state index in [-0.39, 0.29) is 11.6 Å². The van der Waals surface area contributed by atoms with Crippen LogP contribution in [-0.2, 0) is 4.79 Å². The number of para-hydroxylation sites is 2. The number of amides is 1. The van der Waals surface area contributed by atoms with Crippen LogP contribution in [0.5, 0.6) is 0 Å². The highest BCUT2D eigenvalue weighted by Gasteiger charge is 2.31. The first-order valence-corrected chi connectivity index (χ1v) is 10.5. The second kappa shape index (κ2) is 7.77. The van der Waals surface area contributed by atoms with Gasteiger partial charge in [0.25, 0.3) is 5.91 Å². The molecular weight excluding hydrogens is 411 g/mol. The maximum Gasteiger partial charge on any atom is 0.279 e. The van der Waals surface area contributed by atoms with Crippen molar-refractivity contribution in [2.24, 2.45) is 10.1 Å². The molecule has 0 spiro atoms. The lowest BCUT2D eigenvalue weighted by Gasteiger charge is -2.07. The van der Waals surface area contributed by atoms with Gasteiger partial charge in [-0.25, -0.2) is 14.1 Å². The molecule has 31 heavy (non-hydrogen) atoms. The zero-order valence-electron chi connectivity index (χ0n) is 16.6. The summed E-state index contributed by atoms with van der Waals surface area (Å²) in [6.45, 7) is 0. The van der Waals surface area contributed by atoms with Crippen molar-refractivity contribution >= 4 is 34.3 Å². The fraction of sp³-hybridized carbons (Fsp3) is 0.0417. The Bertz CT molecular complexity index is 1390. The van der Waals surface area contributed by atoms with Gasteiger partial charge in [0, 0.05) is 23.6 Å². The van der Waals surface area contributed by atoms with Crippen molar-refractivity contribution in [1.82, 2.24) is 4.68 Å². The predicted octanol–water partition coefficient (Wildman–Crippen LogP) is 4.82. The van der Waals surface area contributed by atoms with Crippen LogP contribution in [-0.4, -0.2) is 23.3 Å². The molecule has 5 rings (SSSR count). The van der Waals surface area contributed by atoms with Crippen molar-refractivity contribution in [3.05, 3.63) is 100 Å². The minimum absolute atomic E-state index is 0.198. The van der Waals surface area contributed by atoms with Gasteiger partial charge in [-0.2, -0.15) is 5.10 Å². The minimum atomic E-state index is -0.418. The highest BCUT2D eigenvalue weighted by Crippen LogP contribution is 2.29. The van der Waals surface area contributed by atoms with Crippen molar-refractivity contribution in [1.29, 1.82) is 0 Å². The molecule has 7 heteroatoms. The number of carbonyl (C=O) groups excluding carboxylic acids is 1. The summed E-state index contributed by atoms with van der Waals surface area (Å²) < 4.78 is 15.9. The van der Waals surface area contributed by atoms with E-state index >= 15 is 0 Å². The second-order valence-electron chi connectivity index (χ2n) is 6.97. The van der Waals surface area contributed by atoms with E-state index in [9.17, 15) is 9.18 Å². The quantitative estimate of drug-likeness (QED) is 0.462. The van der Waals surface area contributed by atoms with E-state index in [1.807, 2.05) is 60.0 Å². The molecule has 2 heterocycles. The van der Waals surface area contributed by atoms with Gasteiger partial charge in [-0.3, -0.25) is 4.79 Å². The van der Waals surface area contributed by atoms with Gasteiger partial charge >= 0.3 is 0 Å². The van der Waals surface area contributed by atoms with Gasteiger partial charge in [0.1, 0.15) is 11.5 Å². The lowest BCUT2D eigenvalue weighted by Crippen LogP contribution is -2.27. The molecule has 1 aliphatic heterocycles. The Morgan fingerprint density at radius 2 is 1.61 bits per heavy atom.